The van der Waals surface area contributed by atoms with Crippen LogP contribution in [0, 0.1) is 5.92 Å². The number of likely N-dealkylation sites (tertiary alicyclic amines) is 1. The van der Waals surface area contributed by atoms with Crippen molar-refractivity contribution in [2.45, 2.75) is 32.2 Å². The minimum absolute atomic E-state index is 0.117. The summed E-state index contributed by atoms with van der Waals surface area (Å²) in [5, 5.41) is 9.94. The summed E-state index contributed by atoms with van der Waals surface area (Å²) in [7, 11) is 0. The largest absolute Gasteiger partial charge is 0.481 e. The second-order valence-electron chi connectivity index (χ2n) is 6.28. The molecule has 122 valence electrons. The number of nitrogens with zero attached hydrogens (tertiary/aromatic N) is 2. The first-order chi connectivity index (χ1) is 11.1. The molecule has 0 spiro atoms. The normalized spacial score (nSPS) is 18.3. The fourth-order valence-electron chi connectivity index (χ4n) is 3.38. The summed E-state index contributed by atoms with van der Waals surface area (Å²) in [4.78, 5) is 25.2. The molecule has 0 saturated carbocycles. The summed E-state index contributed by atoms with van der Waals surface area (Å²) in [5.41, 5.74) is 1.07. The second kappa shape index (κ2) is 6.86. The summed E-state index contributed by atoms with van der Waals surface area (Å²) >= 11 is 0. The standard InChI is InChI=1S/C18H22N2O3/c21-17(13-19-11-9-15-5-1-2-6-16(15)19)20-10-3-4-14(12-20)7-8-18(22)23/h1-2,5-6,9,11,14H,3-4,7-8,10,12-13H2,(H,22,23)/t14-/m0/s1. The first-order valence-corrected chi connectivity index (χ1v) is 8.17. The van der Waals surface area contributed by atoms with Crippen molar-refractivity contribution in [2.75, 3.05) is 13.1 Å². The van der Waals surface area contributed by atoms with Crippen LogP contribution in [0.3, 0.4) is 0 Å². The molecule has 5 heteroatoms. The molecule has 3 rings (SSSR count). The smallest absolute Gasteiger partial charge is 0.303 e. The number of benzene rings is 1. The summed E-state index contributed by atoms with van der Waals surface area (Å²) in [6.07, 6.45) is 4.78. The molecule has 2 heterocycles. The number of para-hydroxylation sites is 1. The van der Waals surface area contributed by atoms with Crippen LogP contribution in [0.25, 0.3) is 10.9 Å². The Morgan fingerprint density at radius 3 is 2.87 bits per heavy atom. The first-order valence-electron chi connectivity index (χ1n) is 8.17. The fraction of sp³-hybridized carbons (Fsp3) is 0.444. The molecule has 0 aliphatic carbocycles. The van der Waals surface area contributed by atoms with Gasteiger partial charge in [0.15, 0.2) is 0 Å². The van der Waals surface area contributed by atoms with Crippen LogP contribution in [0.4, 0.5) is 0 Å². The zero-order valence-electron chi connectivity index (χ0n) is 13.1. The predicted molar refractivity (Wildman–Crippen MR) is 88.1 cm³/mol. The van der Waals surface area contributed by atoms with E-state index < -0.39 is 5.97 Å². The average Bonchev–Trinajstić information content (AvgIpc) is 2.96. The highest BCUT2D eigenvalue weighted by Gasteiger charge is 2.24. The summed E-state index contributed by atoms with van der Waals surface area (Å²) in [6.45, 7) is 1.81. The molecular formula is C18H22N2O3. The van der Waals surface area contributed by atoms with Crippen molar-refractivity contribution in [3.63, 3.8) is 0 Å². The van der Waals surface area contributed by atoms with Crippen LogP contribution in [0.2, 0.25) is 0 Å². The molecule has 1 aliphatic rings. The van der Waals surface area contributed by atoms with Crippen LogP contribution in [0.5, 0.6) is 0 Å². The van der Waals surface area contributed by atoms with Gasteiger partial charge in [0.05, 0.1) is 0 Å². The third kappa shape index (κ3) is 3.73. The number of piperidine rings is 1. The van der Waals surface area contributed by atoms with Crippen LogP contribution in [-0.4, -0.2) is 39.5 Å². The highest BCUT2D eigenvalue weighted by atomic mass is 16.4. The van der Waals surface area contributed by atoms with Gasteiger partial charge in [0.2, 0.25) is 5.91 Å². The maximum atomic E-state index is 12.6. The van der Waals surface area contributed by atoms with Crippen molar-refractivity contribution in [3.05, 3.63) is 36.5 Å². The van der Waals surface area contributed by atoms with E-state index in [1.54, 1.807) is 0 Å². The van der Waals surface area contributed by atoms with Gasteiger partial charge < -0.3 is 14.6 Å². The number of carbonyl (C=O) groups is 2. The van der Waals surface area contributed by atoms with Gasteiger partial charge in [-0.05, 0) is 42.7 Å². The lowest BCUT2D eigenvalue weighted by molar-refractivity contribution is -0.137. The minimum Gasteiger partial charge on any atom is -0.481 e. The molecule has 1 fully saturated rings. The van der Waals surface area contributed by atoms with E-state index in [0.717, 1.165) is 30.3 Å². The number of hydrogen-bond donors (Lipinski definition) is 1. The Labute approximate surface area is 135 Å². The maximum Gasteiger partial charge on any atom is 0.303 e. The number of rotatable bonds is 5. The Morgan fingerprint density at radius 2 is 2.04 bits per heavy atom. The number of carbonyl (C=O) groups excluding carboxylic acids is 1. The van der Waals surface area contributed by atoms with Gasteiger partial charge in [-0.3, -0.25) is 9.59 Å². The van der Waals surface area contributed by atoms with E-state index >= 15 is 0 Å². The van der Waals surface area contributed by atoms with E-state index in [4.69, 9.17) is 5.11 Å². The minimum atomic E-state index is -0.757. The van der Waals surface area contributed by atoms with Crippen molar-refractivity contribution in [1.82, 2.24) is 9.47 Å². The van der Waals surface area contributed by atoms with Crippen molar-refractivity contribution in [2.24, 2.45) is 5.92 Å². The predicted octanol–water partition coefficient (Wildman–Crippen LogP) is 2.74. The van der Waals surface area contributed by atoms with E-state index in [9.17, 15) is 9.59 Å². The van der Waals surface area contributed by atoms with E-state index in [0.29, 0.717) is 25.4 Å². The Kier molecular flexibility index (Phi) is 4.65. The van der Waals surface area contributed by atoms with Gasteiger partial charge in [0.1, 0.15) is 6.54 Å². The zero-order valence-corrected chi connectivity index (χ0v) is 13.1. The van der Waals surface area contributed by atoms with E-state index in [1.165, 1.54) is 0 Å². The molecule has 1 saturated heterocycles. The van der Waals surface area contributed by atoms with Crippen molar-refractivity contribution in [3.8, 4) is 0 Å². The number of aromatic nitrogens is 1. The maximum absolute atomic E-state index is 12.6. The Balaban J connectivity index is 1.62. The summed E-state index contributed by atoms with van der Waals surface area (Å²) < 4.78 is 1.98. The quantitative estimate of drug-likeness (QED) is 0.923. The molecule has 1 aliphatic heterocycles. The Morgan fingerprint density at radius 1 is 1.22 bits per heavy atom. The van der Waals surface area contributed by atoms with Gasteiger partial charge in [-0.1, -0.05) is 18.2 Å². The highest BCUT2D eigenvalue weighted by molar-refractivity contribution is 5.83. The molecule has 5 nitrogen and oxygen atoms in total. The molecule has 1 amide bonds. The van der Waals surface area contributed by atoms with Crippen molar-refractivity contribution < 1.29 is 14.7 Å². The van der Waals surface area contributed by atoms with E-state index in [2.05, 4.69) is 0 Å². The van der Waals surface area contributed by atoms with Crippen LogP contribution in [0.1, 0.15) is 25.7 Å². The second-order valence-corrected chi connectivity index (χ2v) is 6.28. The number of carboxylic acid groups (broad SMARTS) is 1. The van der Waals surface area contributed by atoms with Crippen LogP contribution < -0.4 is 0 Å². The molecule has 0 bridgehead atoms. The zero-order chi connectivity index (χ0) is 16.2. The Hall–Kier alpha value is -2.30. The summed E-state index contributed by atoms with van der Waals surface area (Å²) in [6, 6.07) is 10.1. The van der Waals surface area contributed by atoms with Crippen LogP contribution >= 0.6 is 0 Å². The van der Waals surface area contributed by atoms with Gasteiger partial charge >= 0.3 is 5.97 Å². The van der Waals surface area contributed by atoms with Crippen LogP contribution in [-0.2, 0) is 16.1 Å². The Bertz CT molecular complexity index is 707. The lowest BCUT2D eigenvalue weighted by Gasteiger charge is -2.32. The molecule has 1 aromatic heterocycles. The topological polar surface area (TPSA) is 62.5 Å². The summed E-state index contributed by atoms with van der Waals surface area (Å²) in [5.74, 6) is -0.330. The third-order valence-corrected chi connectivity index (χ3v) is 4.62. The number of carboxylic acids is 1. The van der Waals surface area contributed by atoms with Gasteiger partial charge in [0, 0.05) is 31.2 Å². The van der Waals surface area contributed by atoms with Gasteiger partial charge in [-0.15, -0.1) is 0 Å². The molecule has 23 heavy (non-hydrogen) atoms. The van der Waals surface area contributed by atoms with Gasteiger partial charge in [-0.2, -0.15) is 0 Å². The average molecular weight is 314 g/mol. The van der Waals surface area contributed by atoms with E-state index in [-0.39, 0.29) is 12.3 Å². The van der Waals surface area contributed by atoms with Crippen molar-refractivity contribution >= 4 is 22.8 Å². The number of aliphatic carboxylic acids is 1. The lowest BCUT2D eigenvalue weighted by Crippen LogP contribution is -2.41. The monoisotopic (exact) mass is 314 g/mol. The molecule has 0 unspecified atom stereocenters. The van der Waals surface area contributed by atoms with Gasteiger partial charge in [-0.25, -0.2) is 0 Å². The van der Waals surface area contributed by atoms with Crippen LogP contribution in [0.15, 0.2) is 36.5 Å². The molecule has 1 atom stereocenters. The molecule has 2 aromatic rings. The number of amides is 1. The number of hydrogen-bond acceptors (Lipinski definition) is 2. The van der Waals surface area contributed by atoms with Crippen molar-refractivity contribution in [1.29, 1.82) is 0 Å². The molecule has 0 radical (unpaired) electrons. The molecular weight excluding hydrogens is 292 g/mol. The molecule has 1 N–H and O–H groups in total. The third-order valence-electron chi connectivity index (χ3n) is 4.62. The molecule has 1 aromatic carbocycles. The first kappa shape index (κ1) is 15.6. The number of fused-ring (bicyclic) bond motifs is 1. The van der Waals surface area contributed by atoms with E-state index in [1.807, 2.05) is 46.0 Å². The van der Waals surface area contributed by atoms with Gasteiger partial charge in [0.25, 0.3) is 0 Å². The fourth-order valence-corrected chi connectivity index (χ4v) is 3.38. The SMILES string of the molecule is O=C(O)CC[C@@H]1CCCN(C(=O)Cn2ccc3ccccc32)C1. The highest BCUT2D eigenvalue weighted by Crippen LogP contribution is 2.22. The lowest BCUT2D eigenvalue weighted by atomic mass is 9.93.